The van der Waals surface area contributed by atoms with Crippen molar-refractivity contribution < 1.29 is 54.8 Å². The predicted molar refractivity (Wildman–Crippen MR) is 126 cm³/mol. The zero-order valence-corrected chi connectivity index (χ0v) is 21.3. The van der Waals surface area contributed by atoms with E-state index < -0.39 is 31.1 Å². The average Bonchev–Trinajstić information content (AvgIpc) is 3.16. The van der Waals surface area contributed by atoms with E-state index in [2.05, 4.69) is 10.2 Å². The zero-order chi connectivity index (χ0) is 25.6. The number of phosphoric acid groups is 2. The SMILES string of the molecule is O=P(O)(Nc1ccc(NP(=O)(O)OP2(=O)Oc3ccc(cc3)O2)cc1)OP1(=O)Oc2ccc(cc2)O1. The van der Waals surface area contributed by atoms with Gasteiger partial charge in [0.25, 0.3) is 0 Å². The summed E-state index contributed by atoms with van der Waals surface area (Å²) in [5.74, 6) is 0.463. The van der Waals surface area contributed by atoms with Crippen molar-refractivity contribution in [2.75, 3.05) is 10.2 Å². The predicted octanol–water partition coefficient (Wildman–Crippen LogP) is 5.90. The van der Waals surface area contributed by atoms with E-state index in [0.717, 1.165) is 0 Å². The molecule has 4 bridgehead atoms. The summed E-state index contributed by atoms with van der Waals surface area (Å²) in [7, 11) is -18.5. The van der Waals surface area contributed by atoms with Gasteiger partial charge in [0.2, 0.25) is 0 Å². The minimum Gasteiger partial charge on any atom is -0.395 e. The fraction of sp³-hybridized carbons (Fsp3) is 0. The lowest BCUT2D eigenvalue weighted by Crippen LogP contribution is -2.07. The molecular weight excluding hydrogens is 560 g/mol. The Morgan fingerprint density at radius 3 is 1.06 bits per heavy atom. The van der Waals surface area contributed by atoms with Gasteiger partial charge in [-0.15, -0.1) is 0 Å². The van der Waals surface area contributed by atoms with Gasteiger partial charge in [0.1, 0.15) is 23.0 Å². The minimum atomic E-state index is -4.77. The smallest absolute Gasteiger partial charge is 0.395 e. The third-order valence-corrected chi connectivity index (χ3v) is 10.6. The fourth-order valence-electron chi connectivity index (χ4n) is 3.00. The Morgan fingerprint density at radius 1 is 0.556 bits per heavy atom. The highest BCUT2D eigenvalue weighted by atomic mass is 31.3. The number of fused-ring (bicyclic) bond motifs is 8. The summed E-state index contributed by atoms with van der Waals surface area (Å²) in [5.41, 5.74) is 0.0107. The molecule has 3 aromatic rings. The van der Waals surface area contributed by atoms with Crippen LogP contribution in [-0.2, 0) is 26.9 Å². The number of nitrogens with one attached hydrogen (secondary N) is 2. The van der Waals surface area contributed by atoms with Crippen molar-refractivity contribution in [3.05, 3.63) is 72.8 Å². The lowest BCUT2D eigenvalue weighted by molar-refractivity contribution is 0.280. The van der Waals surface area contributed by atoms with Crippen molar-refractivity contribution in [1.82, 2.24) is 0 Å². The van der Waals surface area contributed by atoms with Crippen LogP contribution in [0.1, 0.15) is 0 Å². The summed E-state index contributed by atoms with van der Waals surface area (Å²) >= 11 is 0. The Bertz CT molecular complexity index is 1310. The molecule has 0 amide bonds. The summed E-state index contributed by atoms with van der Waals surface area (Å²) in [5, 5.41) is 4.30. The molecule has 0 radical (unpaired) electrons. The summed E-state index contributed by atoms with van der Waals surface area (Å²) in [4.78, 5) is 20.3. The van der Waals surface area contributed by atoms with Crippen molar-refractivity contribution in [3.8, 4) is 23.0 Å². The molecule has 0 spiro atoms. The second-order valence-electron chi connectivity index (χ2n) is 7.21. The summed E-state index contributed by atoms with van der Waals surface area (Å²) in [6.07, 6.45) is 0. The van der Waals surface area contributed by atoms with Gasteiger partial charge in [-0.05, 0) is 72.8 Å². The molecule has 0 aromatic heterocycles. The van der Waals surface area contributed by atoms with Gasteiger partial charge >= 0.3 is 31.1 Å². The molecule has 2 unspecified atom stereocenters. The van der Waals surface area contributed by atoms with Crippen LogP contribution in [0.25, 0.3) is 0 Å². The largest absolute Gasteiger partial charge is 0.596 e. The van der Waals surface area contributed by atoms with Crippen molar-refractivity contribution in [2.24, 2.45) is 0 Å². The highest BCUT2D eigenvalue weighted by Crippen LogP contribution is 2.64. The Hall–Kier alpha value is -2.78. The van der Waals surface area contributed by atoms with E-state index in [9.17, 15) is 28.0 Å². The molecular formula is C18H16N2O12P4. The van der Waals surface area contributed by atoms with Crippen molar-refractivity contribution >= 4 is 42.5 Å². The first-order valence-electron chi connectivity index (χ1n) is 9.82. The molecule has 0 fully saturated rings. The Balaban J connectivity index is 1.21. The molecule has 4 heterocycles. The van der Waals surface area contributed by atoms with Crippen LogP contribution in [0.3, 0.4) is 0 Å². The lowest BCUT2D eigenvalue weighted by atomic mass is 10.3. The third-order valence-electron chi connectivity index (χ3n) is 4.36. The van der Waals surface area contributed by atoms with E-state index in [1.165, 1.54) is 72.8 Å². The molecule has 4 N–H and O–H groups in total. The van der Waals surface area contributed by atoms with Crippen LogP contribution in [0.2, 0.25) is 0 Å². The summed E-state index contributed by atoms with van der Waals surface area (Å²) in [6.45, 7) is 0. The maximum atomic E-state index is 12.7. The normalized spacial score (nSPS) is 19.6. The van der Waals surface area contributed by atoms with Crippen LogP contribution in [0.4, 0.5) is 11.4 Å². The molecule has 0 aliphatic carbocycles. The Kier molecular flexibility index (Phi) is 6.19. The first-order valence-corrected chi connectivity index (χ1v) is 15.9. The molecule has 18 heteroatoms. The van der Waals surface area contributed by atoms with Gasteiger partial charge in [-0.25, -0.2) is 18.3 Å². The summed E-state index contributed by atoms with van der Waals surface area (Å²) in [6, 6.07) is 16.5. The lowest BCUT2D eigenvalue weighted by Gasteiger charge is -2.20. The third kappa shape index (κ3) is 5.95. The van der Waals surface area contributed by atoms with Crippen molar-refractivity contribution in [3.63, 3.8) is 0 Å². The van der Waals surface area contributed by atoms with Crippen molar-refractivity contribution in [2.45, 2.75) is 0 Å². The maximum Gasteiger partial charge on any atom is 0.596 e. The monoisotopic (exact) mass is 576 g/mol. The van der Waals surface area contributed by atoms with Crippen LogP contribution in [-0.4, -0.2) is 9.79 Å². The first-order chi connectivity index (χ1) is 16.9. The second-order valence-corrected chi connectivity index (χ2v) is 13.6. The van der Waals surface area contributed by atoms with Gasteiger partial charge in [-0.3, -0.25) is 10.2 Å². The number of rotatable bonds is 8. The van der Waals surface area contributed by atoms with Gasteiger partial charge in [0.05, 0.1) is 0 Å². The Morgan fingerprint density at radius 2 is 0.806 bits per heavy atom. The number of hydrogen-bond acceptors (Lipinski definition) is 10. The van der Waals surface area contributed by atoms with Crippen LogP contribution in [0, 0.1) is 0 Å². The molecule has 14 nitrogen and oxygen atoms in total. The van der Waals surface area contributed by atoms with Crippen LogP contribution in [0.5, 0.6) is 23.0 Å². The highest BCUT2D eigenvalue weighted by Gasteiger charge is 2.43. The van der Waals surface area contributed by atoms with Gasteiger partial charge in [-0.1, -0.05) is 0 Å². The highest BCUT2D eigenvalue weighted by molar-refractivity contribution is 7.66. The van der Waals surface area contributed by atoms with Gasteiger partial charge in [0, 0.05) is 11.4 Å². The molecule has 0 saturated carbocycles. The molecule has 36 heavy (non-hydrogen) atoms. The van der Waals surface area contributed by atoms with E-state index in [4.69, 9.17) is 26.7 Å². The van der Waals surface area contributed by atoms with Gasteiger partial charge in [-0.2, -0.15) is 8.62 Å². The fourth-order valence-corrected chi connectivity index (χ4v) is 8.57. The number of hydrogen-bond donors (Lipinski definition) is 4. The van der Waals surface area contributed by atoms with E-state index >= 15 is 0 Å². The first kappa shape index (κ1) is 24.9. The van der Waals surface area contributed by atoms with E-state index in [1.54, 1.807) is 0 Å². The van der Waals surface area contributed by atoms with Crippen LogP contribution in [0.15, 0.2) is 72.8 Å². The maximum absolute atomic E-state index is 12.7. The average molecular weight is 576 g/mol. The second kappa shape index (κ2) is 8.95. The molecule has 4 aliphatic rings. The van der Waals surface area contributed by atoms with Gasteiger partial charge in [0.15, 0.2) is 0 Å². The van der Waals surface area contributed by atoms with E-state index in [0.29, 0.717) is 0 Å². The molecule has 7 rings (SSSR count). The molecule has 2 atom stereocenters. The van der Waals surface area contributed by atoms with Crippen LogP contribution >= 0.6 is 31.1 Å². The number of benzene rings is 3. The van der Waals surface area contributed by atoms with Crippen molar-refractivity contribution in [1.29, 1.82) is 0 Å². The summed E-state index contributed by atoms with van der Waals surface area (Å²) < 4.78 is 80.1. The van der Waals surface area contributed by atoms with Crippen LogP contribution < -0.4 is 28.3 Å². The van der Waals surface area contributed by atoms with Gasteiger partial charge < -0.3 is 27.9 Å². The Labute approximate surface area is 203 Å². The zero-order valence-electron chi connectivity index (χ0n) is 17.7. The topological polar surface area (TPSA) is 188 Å². The molecule has 190 valence electrons. The number of anilines is 2. The van der Waals surface area contributed by atoms with E-state index in [1.807, 2.05) is 0 Å². The minimum absolute atomic E-state index is 0.00535. The molecule has 3 aromatic carbocycles. The quantitative estimate of drug-likeness (QED) is 0.232. The standard InChI is InChI=1S/C18H16N2O12P4/c21-33(22,31-35(25)27-15-5-6-16(28-35)8-7-15)19-13-1-2-14(4-3-13)20-34(23,24)32-36(26)29-17-9-10-18(30-36)12-11-17/h1-12H,(H2,19,21,22)(H2,20,23,24). The van der Waals surface area contributed by atoms with E-state index in [-0.39, 0.29) is 34.4 Å². The molecule has 0 saturated heterocycles. The number of phosphoric ester groups is 2. The molecule has 4 aliphatic heterocycles.